The summed E-state index contributed by atoms with van der Waals surface area (Å²) in [6.45, 7) is 11.0. The van der Waals surface area contributed by atoms with Crippen LogP contribution in [0.1, 0.15) is 52.2 Å². The van der Waals surface area contributed by atoms with Gasteiger partial charge in [-0.3, -0.25) is 0 Å². The molecule has 90 valence electrons. The van der Waals surface area contributed by atoms with Gasteiger partial charge in [0.05, 0.1) is 0 Å². The number of fused-ring (bicyclic) bond motifs is 1. The minimum atomic E-state index is 0.334. The Balaban J connectivity index is 0.000000606. The zero-order chi connectivity index (χ0) is 12.3. The van der Waals surface area contributed by atoms with Crippen molar-refractivity contribution in [3.8, 4) is 0 Å². The molecule has 0 fully saturated rings. The van der Waals surface area contributed by atoms with Gasteiger partial charge in [0, 0.05) is 5.02 Å². The van der Waals surface area contributed by atoms with Crippen LogP contribution in [0.4, 0.5) is 0 Å². The molecule has 0 N–H and O–H groups in total. The van der Waals surface area contributed by atoms with E-state index >= 15 is 0 Å². The zero-order valence-corrected chi connectivity index (χ0v) is 11.9. The van der Waals surface area contributed by atoms with Gasteiger partial charge in [-0.2, -0.15) is 0 Å². The van der Waals surface area contributed by atoms with E-state index < -0.39 is 0 Å². The third-order valence-corrected chi connectivity index (χ3v) is 4.26. The molecule has 16 heavy (non-hydrogen) atoms. The van der Waals surface area contributed by atoms with Crippen LogP contribution in [0.15, 0.2) is 18.2 Å². The molecule has 0 nitrogen and oxygen atoms in total. The molecule has 1 atom stereocenters. The van der Waals surface area contributed by atoms with Crippen LogP contribution < -0.4 is 0 Å². The van der Waals surface area contributed by atoms with Crippen molar-refractivity contribution in [3.05, 3.63) is 34.3 Å². The number of benzene rings is 1. The Kier molecular flexibility index (Phi) is 4.43. The molecule has 0 amide bonds. The first-order valence-corrected chi connectivity index (χ1v) is 6.71. The van der Waals surface area contributed by atoms with Crippen molar-refractivity contribution in [3.63, 3.8) is 0 Å². The number of rotatable bonds is 1. The lowest BCUT2D eigenvalue weighted by Crippen LogP contribution is -2.25. The van der Waals surface area contributed by atoms with Gasteiger partial charge in [0.1, 0.15) is 0 Å². The third-order valence-electron chi connectivity index (χ3n) is 3.90. The van der Waals surface area contributed by atoms with Gasteiger partial charge < -0.3 is 0 Å². The SMILES string of the molecule is CC.CC(C)C1(C)CCc2c(Cl)cccc21. The van der Waals surface area contributed by atoms with Crippen LogP contribution in [0.25, 0.3) is 0 Å². The maximum absolute atomic E-state index is 6.20. The lowest BCUT2D eigenvalue weighted by molar-refractivity contribution is 0.337. The molecule has 1 heteroatoms. The minimum Gasteiger partial charge on any atom is -0.0840 e. The molecular weight excluding hydrogens is 216 g/mol. The third kappa shape index (κ3) is 2.13. The molecule has 1 unspecified atom stereocenters. The summed E-state index contributed by atoms with van der Waals surface area (Å²) in [5.74, 6) is 0.683. The summed E-state index contributed by atoms with van der Waals surface area (Å²) < 4.78 is 0. The number of hydrogen-bond donors (Lipinski definition) is 0. The standard InChI is InChI=1S/C13H17Cl.C2H6/c1-9(2)13(3)8-7-10-11(13)5-4-6-12(10)14;1-2/h4-6,9H,7-8H2,1-3H3;1-2H3. The molecule has 1 aromatic rings. The molecule has 1 aliphatic rings. The maximum atomic E-state index is 6.20. The molecular formula is C15H23Cl. The van der Waals surface area contributed by atoms with E-state index in [0.717, 1.165) is 11.4 Å². The summed E-state index contributed by atoms with van der Waals surface area (Å²) in [5.41, 5.74) is 3.19. The van der Waals surface area contributed by atoms with Gasteiger partial charge >= 0.3 is 0 Å². The highest BCUT2D eigenvalue weighted by Crippen LogP contribution is 2.45. The Morgan fingerprint density at radius 2 is 1.88 bits per heavy atom. The fraction of sp³-hybridized carbons (Fsp3) is 0.600. The van der Waals surface area contributed by atoms with Crippen LogP contribution >= 0.6 is 11.6 Å². The van der Waals surface area contributed by atoms with E-state index in [4.69, 9.17) is 11.6 Å². The number of hydrogen-bond acceptors (Lipinski definition) is 0. The molecule has 0 spiro atoms. The second-order valence-corrected chi connectivity index (χ2v) is 5.25. The molecule has 0 aromatic heterocycles. The topological polar surface area (TPSA) is 0 Å². The van der Waals surface area contributed by atoms with Crippen LogP contribution in [-0.4, -0.2) is 0 Å². The van der Waals surface area contributed by atoms with Gasteiger partial charge in [-0.1, -0.05) is 58.4 Å². The van der Waals surface area contributed by atoms with Crippen LogP contribution in [0.2, 0.25) is 5.02 Å². The zero-order valence-electron chi connectivity index (χ0n) is 11.1. The lowest BCUT2D eigenvalue weighted by atomic mass is 9.74. The van der Waals surface area contributed by atoms with Gasteiger partial charge in [0.2, 0.25) is 0 Å². The molecule has 1 aromatic carbocycles. The van der Waals surface area contributed by atoms with Crippen molar-refractivity contribution < 1.29 is 0 Å². The predicted octanol–water partition coefficient (Wildman–Crippen LogP) is 5.23. The van der Waals surface area contributed by atoms with Gasteiger partial charge in [0.25, 0.3) is 0 Å². The average molecular weight is 239 g/mol. The van der Waals surface area contributed by atoms with Crippen molar-refractivity contribution in [1.29, 1.82) is 0 Å². The van der Waals surface area contributed by atoms with Crippen LogP contribution in [0.5, 0.6) is 0 Å². The molecule has 2 rings (SSSR count). The summed E-state index contributed by atoms with van der Waals surface area (Å²) >= 11 is 6.20. The van der Waals surface area contributed by atoms with Crippen molar-refractivity contribution in [2.75, 3.05) is 0 Å². The second kappa shape index (κ2) is 5.23. The van der Waals surface area contributed by atoms with Crippen molar-refractivity contribution >= 4 is 11.6 Å². The van der Waals surface area contributed by atoms with E-state index in [1.165, 1.54) is 17.5 Å². The van der Waals surface area contributed by atoms with Gasteiger partial charge in [-0.25, -0.2) is 0 Å². The Labute approximate surface area is 105 Å². The van der Waals surface area contributed by atoms with E-state index in [2.05, 4.69) is 32.9 Å². The average Bonchev–Trinajstić information content (AvgIpc) is 2.63. The maximum Gasteiger partial charge on any atom is 0.0440 e. The predicted molar refractivity (Wildman–Crippen MR) is 73.3 cm³/mol. The molecule has 0 saturated heterocycles. The lowest BCUT2D eigenvalue weighted by Gasteiger charge is -2.30. The van der Waals surface area contributed by atoms with Crippen LogP contribution in [-0.2, 0) is 11.8 Å². The molecule has 0 saturated carbocycles. The van der Waals surface area contributed by atoms with E-state index in [1.807, 2.05) is 19.9 Å². The molecule has 0 bridgehead atoms. The highest BCUT2D eigenvalue weighted by molar-refractivity contribution is 6.31. The fourth-order valence-electron chi connectivity index (χ4n) is 2.47. The largest absolute Gasteiger partial charge is 0.0840 e. The number of halogens is 1. The van der Waals surface area contributed by atoms with Crippen molar-refractivity contribution in [2.24, 2.45) is 5.92 Å². The van der Waals surface area contributed by atoms with E-state index in [0.29, 0.717) is 11.3 Å². The molecule has 0 radical (unpaired) electrons. The first-order valence-electron chi connectivity index (χ1n) is 6.33. The van der Waals surface area contributed by atoms with Gasteiger partial charge in [-0.15, -0.1) is 0 Å². The summed E-state index contributed by atoms with van der Waals surface area (Å²) in [4.78, 5) is 0. The highest BCUT2D eigenvalue weighted by Gasteiger charge is 2.37. The summed E-state index contributed by atoms with van der Waals surface area (Å²) in [5, 5.41) is 0.951. The Morgan fingerprint density at radius 3 is 2.44 bits per heavy atom. The first kappa shape index (κ1) is 13.6. The van der Waals surface area contributed by atoms with Gasteiger partial charge in [0.15, 0.2) is 0 Å². The minimum absolute atomic E-state index is 0.334. The normalized spacial score (nSPS) is 22.7. The second-order valence-electron chi connectivity index (χ2n) is 4.84. The quantitative estimate of drug-likeness (QED) is 0.629. The summed E-state index contributed by atoms with van der Waals surface area (Å²) in [6.07, 6.45) is 2.38. The van der Waals surface area contributed by atoms with Crippen molar-refractivity contribution in [2.45, 2.75) is 52.9 Å². The van der Waals surface area contributed by atoms with Crippen LogP contribution in [0.3, 0.4) is 0 Å². The van der Waals surface area contributed by atoms with Crippen LogP contribution in [0, 0.1) is 5.92 Å². The fourth-order valence-corrected chi connectivity index (χ4v) is 2.74. The highest BCUT2D eigenvalue weighted by atomic mass is 35.5. The van der Waals surface area contributed by atoms with Gasteiger partial charge in [-0.05, 0) is 41.4 Å². The molecule has 0 heterocycles. The Morgan fingerprint density at radius 1 is 1.25 bits per heavy atom. The molecule has 0 aliphatic heterocycles. The summed E-state index contributed by atoms with van der Waals surface area (Å²) in [7, 11) is 0. The molecule has 1 aliphatic carbocycles. The van der Waals surface area contributed by atoms with E-state index in [1.54, 1.807) is 0 Å². The first-order chi connectivity index (χ1) is 7.55. The van der Waals surface area contributed by atoms with E-state index in [-0.39, 0.29) is 0 Å². The Hall–Kier alpha value is -0.490. The monoisotopic (exact) mass is 238 g/mol. The Bertz CT molecular complexity index is 354. The smallest absolute Gasteiger partial charge is 0.0440 e. The van der Waals surface area contributed by atoms with E-state index in [9.17, 15) is 0 Å². The summed E-state index contributed by atoms with van der Waals surface area (Å²) in [6, 6.07) is 6.33. The van der Waals surface area contributed by atoms with Crippen molar-refractivity contribution in [1.82, 2.24) is 0 Å².